The minimum absolute atomic E-state index is 0. The van der Waals surface area contributed by atoms with Gasteiger partial charge in [-0.15, -0.1) is 12.4 Å². The number of hydrogen-bond acceptors (Lipinski definition) is 3. The van der Waals surface area contributed by atoms with E-state index in [1.165, 1.54) is 36.8 Å². The van der Waals surface area contributed by atoms with E-state index in [9.17, 15) is 0 Å². The summed E-state index contributed by atoms with van der Waals surface area (Å²) in [5.41, 5.74) is 2.61. The van der Waals surface area contributed by atoms with Crippen LogP contribution in [0.4, 0.5) is 0 Å². The van der Waals surface area contributed by atoms with E-state index < -0.39 is 0 Å². The van der Waals surface area contributed by atoms with E-state index >= 15 is 0 Å². The fourth-order valence-corrected chi connectivity index (χ4v) is 3.84. The molecule has 3 rings (SSSR count). The molecule has 2 fully saturated rings. The lowest BCUT2D eigenvalue weighted by Gasteiger charge is -2.35. The number of fused-ring (bicyclic) bond motifs is 2. The molecule has 2 bridgehead atoms. The molecule has 0 saturated carbocycles. The molecule has 2 heterocycles. The van der Waals surface area contributed by atoms with Crippen LogP contribution >= 0.6 is 12.4 Å². The minimum atomic E-state index is 0. The van der Waals surface area contributed by atoms with Crippen molar-refractivity contribution in [1.82, 2.24) is 10.2 Å². The van der Waals surface area contributed by atoms with E-state index in [4.69, 9.17) is 4.74 Å². The van der Waals surface area contributed by atoms with Crippen LogP contribution < -0.4 is 10.1 Å². The Labute approximate surface area is 134 Å². The van der Waals surface area contributed by atoms with Crippen LogP contribution in [0.3, 0.4) is 0 Å². The maximum Gasteiger partial charge on any atom is 0.121 e. The van der Waals surface area contributed by atoms with Crippen molar-refractivity contribution in [1.29, 1.82) is 0 Å². The van der Waals surface area contributed by atoms with Crippen molar-refractivity contribution < 1.29 is 4.74 Å². The first-order valence-corrected chi connectivity index (χ1v) is 7.75. The fraction of sp³-hybridized carbons (Fsp3) is 0.647. The van der Waals surface area contributed by atoms with E-state index in [0.29, 0.717) is 0 Å². The molecule has 2 aliphatic heterocycles. The van der Waals surface area contributed by atoms with E-state index in [1.807, 2.05) is 0 Å². The molecule has 2 aliphatic rings. The highest BCUT2D eigenvalue weighted by Crippen LogP contribution is 2.30. The molecule has 3 nitrogen and oxygen atoms in total. The Bertz CT molecular complexity index is 468. The molecule has 1 aromatic carbocycles. The normalized spacial score (nSPS) is 27.5. The van der Waals surface area contributed by atoms with Crippen LogP contribution in [0.15, 0.2) is 18.2 Å². The summed E-state index contributed by atoms with van der Waals surface area (Å²) in [6.07, 6.45) is 5.36. The lowest BCUT2D eigenvalue weighted by atomic mass is 9.98. The van der Waals surface area contributed by atoms with Gasteiger partial charge < -0.3 is 10.1 Å². The van der Waals surface area contributed by atoms with Gasteiger partial charge in [0, 0.05) is 24.7 Å². The second-order valence-corrected chi connectivity index (χ2v) is 6.48. The van der Waals surface area contributed by atoms with Crippen LogP contribution in [-0.2, 0) is 6.54 Å². The summed E-state index contributed by atoms with van der Waals surface area (Å²) in [4.78, 5) is 2.54. The van der Waals surface area contributed by atoms with Gasteiger partial charge >= 0.3 is 0 Å². The standard InChI is InChI=1S/C17H26N2O.ClH/c1-12-8-13(4-7-17(12)20-3)11-19(2)16-9-14-5-6-15(10-16)18-14;/h4,7-8,14-16,18H,5-6,9-11H2,1-3H3;1H. The number of aryl methyl sites for hydroxylation is 1. The Morgan fingerprint density at radius 1 is 1.24 bits per heavy atom. The summed E-state index contributed by atoms with van der Waals surface area (Å²) in [6, 6.07) is 8.79. The zero-order valence-corrected chi connectivity index (χ0v) is 14.1. The number of methoxy groups -OCH3 is 1. The number of hydrogen-bond donors (Lipinski definition) is 1. The minimum Gasteiger partial charge on any atom is -0.496 e. The monoisotopic (exact) mass is 310 g/mol. The molecule has 0 spiro atoms. The van der Waals surface area contributed by atoms with Gasteiger partial charge in [-0.2, -0.15) is 0 Å². The molecule has 0 radical (unpaired) electrons. The van der Waals surface area contributed by atoms with Gasteiger partial charge in [0.15, 0.2) is 0 Å². The number of nitrogens with one attached hydrogen (secondary N) is 1. The van der Waals surface area contributed by atoms with Crippen LogP contribution in [-0.4, -0.2) is 37.2 Å². The van der Waals surface area contributed by atoms with Crippen LogP contribution in [0, 0.1) is 6.92 Å². The summed E-state index contributed by atoms with van der Waals surface area (Å²) in [5, 5.41) is 3.72. The number of ether oxygens (including phenoxy) is 1. The Hall–Kier alpha value is -0.770. The van der Waals surface area contributed by atoms with Gasteiger partial charge in [0.05, 0.1) is 7.11 Å². The molecule has 0 aliphatic carbocycles. The predicted octanol–water partition coefficient (Wildman–Crippen LogP) is 3.14. The molecule has 2 atom stereocenters. The number of rotatable bonds is 4. The fourth-order valence-electron chi connectivity index (χ4n) is 3.84. The highest BCUT2D eigenvalue weighted by Gasteiger charge is 2.34. The largest absolute Gasteiger partial charge is 0.496 e. The van der Waals surface area contributed by atoms with Crippen LogP contribution in [0.1, 0.15) is 36.8 Å². The first-order valence-electron chi connectivity index (χ1n) is 7.75. The zero-order valence-electron chi connectivity index (χ0n) is 13.3. The molecule has 0 amide bonds. The predicted molar refractivity (Wildman–Crippen MR) is 89.4 cm³/mol. The Kier molecular flexibility index (Phi) is 5.53. The van der Waals surface area contributed by atoms with Crippen molar-refractivity contribution in [3.05, 3.63) is 29.3 Å². The molecular weight excluding hydrogens is 284 g/mol. The topological polar surface area (TPSA) is 24.5 Å². The highest BCUT2D eigenvalue weighted by molar-refractivity contribution is 5.85. The third kappa shape index (κ3) is 3.71. The average Bonchev–Trinajstić information content (AvgIpc) is 2.77. The Morgan fingerprint density at radius 2 is 1.90 bits per heavy atom. The van der Waals surface area contributed by atoms with Crippen molar-refractivity contribution in [2.75, 3.05) is 14.2 Å². The van der Waals surface area contributed by atoms with Crippen LogP contribution in [0.25, 0.3) is 0 Å². The number of nitrogens with zero attached hydrogens (tertiary/aromatic N) is 1. The van der Waals surface area contributed by atoms with Gasteiger partial charge in [0.2, 0.25) is 0 Å². The van der Waals surface area contributed by atoms with Gasteiger partial charge in [-0.3, -0.25) is 4.90 Å². The lowest BCUT2D eigenvalue weighted by Crippen LogP contribution is -2.46. The molecule has 1 N–H and O–H groups in total. The maximum atomic E-state index is 5.34. The lowest BCUT2D eigenvalue weighted by molar-refractivity contribution is 0.166. The molecule has 21 heavy (non-hydrogen) atoms. The highest BCUT2D eigenvalue weighted by atomic mass is 35.5. The third-order valence-electron chi connectivity index (χ3n) is 4.96. The van der Waals surface area contributed by atoms with E-state index in [-0.39, 0.29) is 12.4 Å². The van der Waals surface area contributed by atoms with Gasteiger partial charge in [-0.05, 0) is 56.8 Å². The Morgan fingerprint density at radius 3 is 2.48 bits per heavy atom. The van der Waals surface area contributed by atoms with Crippen molar-refractivity contribution in [2.45, 2.75) is 57.3 Å². The molecule has 2 unspecified atom stereocenters. The van der Waals surface area contributed by atoms with E-state index in [0.717, 1.165) is 30.4 Å². The van der Waals surface area contributed by atoms with Crippen molar-refractivity contribution >= 4 is 12.4 Å². The van der Waals surface area contributed by atoms with E-state index in [1.54, 1.807) is 7.11 Å². The zero-order chi connectivity index (χ0) is 14.1. The summed E-state index contributed by atoms with van der Waals surface area (Å²) in [5.74, 6) is 0.983. The van der Waals surface area contributed by atoms with Gasteiger partial charge in [0.1, 0.15) is 5.75 Å². The molecule has 0 aromatic heterocycles. The summed E-state index contributed by atoms with van der Waals surface area (Å²) >= 11 is 0. The second kappa shape index (κ2) is 6.99. The molecular formula is C17H27ClN2O. The number of piperidine rings is 1. The smallest absolute Gasteiger partial charge is 0.121 e. The molecule has 1 aromatic rings. The van der Waals surface area contributed by atoms with Crippen LogP contribution in [0.2, 0.25) is 0 Å². The van der Waals surface area contributed by atoms with Gasteiger partial charge in [-0.1, -0.05) is 12.1 Å². The van der Waals surface area contributed by atoms with Crippen molar-refractivity contribution in [3.8, 4) is 5.75 Å². The number of halogens is 1. The SMILES string of the molecule is COc1ccc(CN(C)C2CC3CCC(C2)N3)cc1C.Cl. The van der Waals surface area contributed by atoms with Crippen molar-refractivity contribution in [3.63, 3.8) is 0 Å². The van der Waals surface area contributed by atoms with Crippen molar-refractivity contribution in [2.24, 2.45) is 0 Å². The quantitative estimate of drug-likeness (QED) is 0.924. The molecule has 4 heteroatoms. The summed E-state index contributed by atoms with van der Waals surface area (Å²) in [7, 11) is 4.01. The maximum absolute atomic E-state index is 5.34. The van der Waals surface area contributed by atoms with Crippen LogP contribution in [0.5, 0.6) is 5.75 Å². The summed E-state index contributed by atoms with van der Waals surface area (Å²) in [6.45, 7) is 3.15. The van der Waals surface area contributed by atoms with Gasteiger partial charge in [-0.25, -0.2) is 0 Å². The number of benzene rings is 1. The second-order valence-electron chi connectivity index (χ2n) is 6.48. The average molecular weight is 311 g/mol. The first-order chi connectivity index (χ1) is 9.65. The molecule has 118 valence electrons. The molecule has 2 saturated heterocycles. The first kappa shape index (κ1) is 16.6. The Balaban J connectivity index is 0.00000161. The third-order valence-corrected chi connectivity index (χ3v) is 4.96. The van der Waals surface area contributed by atoms with E-state index in [2.05, 4.69) is 42.4 Å². The summed E-state index contributed by atoms with van der Waals surface area (Å²) < 4.78 is 5.34. The van der Waals surface area contributed by atoms with Gasteiger partial charge in [0.25, 0.3) is 0 Å².